The van der Waals surface area contributed by atoms with Gasteiger partial charge < -0.3 is 19.5 Å². The normalized spacial score (nSPS) is 11.4. The monoisotopic (exact) mass is 357 g/mol. The zero-order valence-corrected chi connectivity index (χ0v) is 15.4. The van der Waals surface area contributed by atoms with Gasteiger partial charge in [-0.1, -0.05) is 12.1 Å². The summed E-state index contributed by atoms with van der Waals surface area (Å²) in [5.41, 5.74) is 1.76. The predicted molar refractivity (Wildman–Crippen MR) is 98.8 cm³/mol. The minimum absolute atomic E-state index is 0.291. The molecule has 1 unspecified atom stereocenters. The van der Waals surface area contributed by atoms with Crippen molar-refractivity contribution >= 4 is 17.6 Å². The van der Waals surface area contributed by atoms with E-state index >= 15 is 0 Å². The van der Waals surface area contributed by atoms with E-state index in [2.05, 4.69) is 5.32 Å². The molecule has 1 N–H and O–H groups in total. The van der Waals surface area contributed by atoms with E-state index in [0.29, 0.717) is 29.4 Å². The van der Waals surface area contributed by atoms with Crippen molar-refractivity contribution in [2.45, 2.75) is 26.9 Å². The molecule has 0 saturated carbocycles. The molecule has 2 aromatic rings. The first kappa shape index (κ1) is 19.3. The Balaban J connectivity index is 2.08. The fourth-order valence-corrected chi connectivity index (χ4v) is 2.26. The number of nitrogens with one attached hydrogen (secondary N) is 1. The molecule has 0 aliphatic heterocycles. The van der Waals surface area contributed by atoms with E-state index in [0.717, 1.165) is 5.56 Å². The smallest absolute Gasteiger partial charge is 0.338 e. The number of carbonyl (C=O) groups excluding carboxylic acids is 2. The number of amides is 1. The van der Waals surface area contributed by atoms with Crippen LogP contribution >= 0.6 is 0 Å². The number of methoxy groups -OCH3 is 1. The summed E-state index contributed by atoms with van der Waals surface area (Å²) in [5, 5.41) is 2.79. The fourth-order valence-electron chi connectivity index (χ4n) is 2.26. The van der Waals surface area contributed by atoms with Gasteiger partial charge in [0, 0.05) is 11.8 Å². The van der Waals surface area contributed by atoms with Gasteiger partial charge in [0.05, 0.1) is 19.3 Å². The summed E-state index contributed by atoms with van der Waals surface area (Å²) in [6.07, 6.45) is -0.729. The van der Waals surface area contributed by atoms with Gasteiger partial charge in [0.2, 0.25) is 0 Å². The topological polar surface area (TPSA) is 73.9 Å². The number of aryl methyl sites for hydroxylation is 1. The summed E-state index contributed by atoms with van der Waals surface area (Å²) in [4.78, 5) is 24.3. The van der Waals surface area contributed by atoms with Crippen LogP contribution in [0.25, 0.3) is 0 Å². The van der Waals surface area contributed by atoms with Crippen LogP contribution in [0.15, 0.2) is 42.5 Å². The van der Waals surface area contributed by atoms with Gasteiger partial charge in [0.25, 0.3) is 5.91 Å². The second-order valence-electron chi connectivity index (χ2n) is 5.68. The number of esters is 1. The number of anilines is 1. The molecule has 0 saturated heterocycles. The molecule has 138 valence electrons. The molecule has 1 atom stereocenters. The summed E-state index contributed by atoms with van der Waals surface area (Å²) in [6.45, 7) is 5.53. The van der Waals surface area contributed by atoms with E-state index in [1.165, 1.54) is 0 Å². The van der Waals surface area contributed by atoms with Crippen molar-refractivity contribution in [1.82, 2.24) is 0 Å². The van der Waals surface area contributed by atoms with Crippen LogP contribution in [0.3, 0.4) is 0 Å². The highest BCUT2D eigenvalue weighted by molar-refractivity contribution is 5.97. The first-order chi connectivity index (χ1) is 12.4. The van der Waals surface area contributed by atoms with Gasteiger partial charge in [-0.25, -0.2) is 4.79 Å². The zero-order chi connectivity index (χ0) is 19.1. The van der Waals surface area contributed by atoms with Gasteiger partial charge in [-0.3, -0.25) is 4.79 Å². The minimum Gasteiger partial charge on any atom is -0.497 e. The van der Waals surface area contributed by atoms with Gasteiger partial charge in [-0.2, -0.15) is 0 Å². The fraction of sp³-hybridized carbons (Fsp3) is 0.300. The highest BCUT2D eigenvalue weighted by Gasteiger charge is 2.17. The van der Waals surface area contributed by atoms with Gasteiger partial charge in [-0.05, 0) is 50.6 Å². The summed E-state index contributed by atoms with van der Waals surface area (Å²) < 4.78 is 15.8. The Labute approximate surface area is 153 Å². The third-order valence-electron chi connectivity index (χ3n) is 3.73. The number of benzene rings is 2. The lowest BCUT2D eigenvalue weighted by molar-refractivity contribution is -0.122. The van der Waals surface area contributed by atoms with Crippen molar-refractivity contribution in [2.24, 2.45) is 0 Å². The maximum atomic E-state index is 12.4. The highest BCUT2D eigenvalue weighted by Crippen LogP contribution is 2.21. The summed E-state index contributed by atoms with van der Waals surface area (Å²) in [5.74, 6) is 0.428. The molecule has 0 heterocycles. The largest absolute Gasteiger partial charge is 0.497 e. The number of hydrogen-bond donors (Lipinski definition) is 1. The molecule has 26 heavy (non-hydrogen) atoms. The Morgan fingerprint density at radius 1 is 1.12 bits per heavy atom. The minimum atomic E-state index is -0.729. The lowest BCUT2D eigenvalue weighted by Crippen LogP contribution is -2.30. The standard InChI is InChI=1S/C20H23NO5/c1-5-25-20(23)15-10-9-13(2)18(11-15)21-19(22)14(3)26-17-8-6-7-16(12-17)24-4/h6-12,14H,5H2,1-4H3,(H,21,22). The SMILES string of the molecule is CCOC(=O)c1ccc(C)c(NC(=O)C(C)Oc2cccc(OC)c2)c1. The summed E-state index contributed by atoms with van der Waals surface area (Å²) in [7, 11) is 1.56. The molecule has 6 nitrogen and oxygen atoms in total. The molecule has 0 aliphatic carbocycles. The van der Waals surface area contributed by atoms with E-state index in [9.17, 15) is 9.59 Å². The molecule has 6 heteroatoms. The molecule has 2 rings (SSSR count). The highest BCUT2D eigenvalue weighted by atomic mass is 16.5. The Morgan fingerprint density at radius 3 is 2.54 bits per heavy atom. The van der Waals surface area contributed by atoms with Crippen LogP contribution in [-0.2, 0) is 9.53 Å². The molecule has 0 fully saturated rings. The first-order valence-electron chi connectivity index (χ1n) is 8.34. The predicted octanol–water partition coefficient (Wildman–Crippen LogP) is 3.59. The maximum Gasteiger partial charge on any atom is 0.338 e. The van der Waals surface area contributed by atoms with Crippen molar-refractivity contribution < 1.29 is 23.8 Å². The van der Waals surface area contributed by atoms with E-state index in [-0.39, 0.29) is 5.91 Å². The second kappa shape index (κ2) is 8.89. The van der Waals surface area contributed by atoms with E-state index < -0.39 is 12.1 Å². The molecule has 0 aromatic heterocycles. The molecule has 2 aromatic carbocycles. The Morgan fingerprint density at radius 2 is 1.85 bits per heavy atom. The maximum absolute atomic E-state index is 12.4. The zero-order valence-electron chi connectivity index (χ0n) is 15.4. The van der Waals surface area contributed by atoms with Crippen molar-refractivity contribution in [3.63, 3.8) is 0 Å². The van der Waals surface area contributed by atoms with Crippen LogP contribution in [0.1, 0.15) is 29.8 Å². The molecular weight excluding hydrogens is 334 g/mol. The van der Waals surface area contributed by atoms with E-state index in [1.54, 1.807) is 63.4 Å². The van der Waals surface area contributed by atoms with E-state index in [1.807, 2.05) is 6.92 Å². The third kappa shape index (κ3) is 4.99. The van der Waals surface area contributed by atoms with Crippen molar-refractivity contribution in [2.75, 3.05) is 19.0 Å². The quantitative estimate of drug-likeness (QED) is 0.767. The Bertz CT molecular complexity index is 788. The van der Waals surface area contributed by atoms with Crippen LogP contribution in [0.4, 0.5) is 5.69 Å². The lowest BCUT2D eigenvalue weighted by atomic mass is 10.1. The lowest BCUT2D eigenvalue weighted by Gasteiger charge is -2.16. The van der Waals surface area contributed by atoms with Gasteiger partial charge in [0.1, 0.15) is 11.5 Å². The average Bonchev–Trinajstić information content (AvgIpc) is 2.63. The molecule has 0 spiro atoms. The molecule has 1 amide bonds. The molecular formula is C20H23NO5. The van der Waals surface area contributed by atoms with Gasteiger partial charge in [0.15, 0.2) is 6.10 Å². The number of carbonyl (C=O) groups is 2. The molecule has 0 radical (unpaired) electrons. The van der Waals surface area contributed by atoms with Crippen molar-refractivity contribution in [3.05, 3.63) is 53.6 Å². The van der Waals surface area contributed by atoms with Crippen LogP contribution in [0, 0.1) is 6.92 Å². The molecule has 0 aliphatic rings. The van der Waals surface area contributed by atoms with E-state index in [4.69, 9.17) is 14.2 Å². The first-order valence-corrected chi connectivity index (χ1v) is 8.34. The number of rotatable bonds is 7. The Hall–Kier alpha value is -3.02. The van der Waals surface area contributed by atoms with Crippen LogP contribution in [0.2, 0.25) is 0 Å². The third-order valence-corrected chi connectivity index (χ3v) is 3.73. The van der Waals surface area contributed by atoms with Gasteiger partial charge >= 0.3 is 5.97 Å². The van der Waals surface area contributed by atoms with Crippen LogP contribution < -0.4 is 14.8 Å². The number of ether oxygens (including phenoxy) is 3. The van der Waals surface area contributed by atoms with Crippen LogP contribution in [-0.4, -0.2) is 31.7 Å². The van der Waals surface area contributed by atoms with Crippen molar-refractivity contribution in [1.29, 1.82) is 0 Å². The molecule has 0 bridgehead atoms. The summed E-state index contributed by atoms with van der Waals surface area (Å²) in [6, 6.07) is 12.1. The van der Waals surface area contributed by atoms with Crippen LogP contribution in [0.5, 0.6) is 11.5 Å². The Kier molecular flexibility index (Phi) is 6.60. The number of hydrogen-bond acceptors (Lipinski definition) is 5. The summed E-state index contributed by atoms with van der Waals surface area (Å²) >= 11 is 0. The van der Waals surface area contributed by atoms with Crippen molar-refractivity contribution in [3.8, 4) is 11.5 Å². The van der Waals surface area contributed by atoms with Gasteiger partial charge in [-0.15, -0.1) is 0 Å². The second-order valence-corrected chi connectivity index (χ2v) is 5.68. The average molecular weight is 357 g/mol.